The number of methoxy groups -OCH3 is 1. The van der Waals surface area contributed by atoms with Crippen LogP contribution in [0.1, 0.15) is 16.7 Å². The first-order valence-electron chi connectivity index (χ1n) is 12.8. The van der Waals surface area contributed by atoms with Crippen LogP contribution in [0.25, 0.3) is 6.08 Å². The normalized spacial score (nSPS) is 14.1. The molecule has 4 amide bonds. The minimum absolute atomic E-state index is 0.107. The van der Waals surface area contributed by atoms with Gasteiger partial charge in [-0.1, -0.05) is 48.0 Å². The van der Waals surface area contributed by atoms with Crippen molar-refractivity contribution in [3.05, 3.63) is 124 Å². The Morgan fingerprint density at radius 3 is 2.38 bits per heavy atom. The summed E-state index contributed by atoms with van der Waals surface area (Å²) in [5.74, 6) is -0.764. The van der Waals surface area contributed by atoms with Crippen molar-refractivity contribution in [3.63, 3.8) is 0 Å². The number of amides is 4. The molecule has 1 saturated heterocycles. The number of nitrogens with zero attached hydrogens (tertiary/aromatic N) is 1. The average molecular weight is 587 g/mol. The van der Waals surface area contributed by atoms with Gasteiger partial charge in [0.05, 0.1) is 12.8 Å². The quantitative estimate of drug-likeness (QED) is 0.182. The summed E-state index contributed by atoms with van der Waals surface area (Å²) < 4.78 is 30.4. The SMILES string of the molecule is COc1cc(/C=C2\C(=O)NC(=O)N(c3ccc(OCc4ccccc4Cl)cc3)C2=O)ccc1OCc1cccc(F)c1. The van der Waals surface area contributed by atoms with Gasteiger partial charge in [-0.25, -0.2) is 14.1 Å². The maximum absolute atomic E-state index is 13.5. The van der Waals surface area contributed by atoms with Crippen LogP contribution in [-0.2, 0) is 22.8 Å². The molecule has 10 heteroatoms. The zero-order valence-corrected chi connectivity index (χ0v) is 23.1. The van der Waals surface area contributed by atoms with Gasteiger partial charge in [-0.3, -0.25) is 14.9 Å². The number of halogens is 2. The summed E-state index contributed by atoms with van der Waals surface area (Å²) in [5, 5.41) is 2.79. The van der Waals surface area contributed by atoms with Crippen LogP contribution in [0.5, 0.6) is 17.2 Å². The molecule has 212 valence electrons. The van der Waals surface area contributed by atoms with E-state index in [-0.39, 0.29) is 30.3 Å². The van der Waals surface area contributed by atoms with Gasteiger partial charge in [0.1, 0.15) is 30.4 Å². The molecule has 0 aliphatic carbocycles. The zero-order valence-electron chi connectivity index (χ0n) is 22.3. The van der Waals surface area contributed by atoms with Gasteiger partial charge in [-0.2, -0.15) is 0 Å². The van der Waals surface area contributed by atoms with Gasteiger partial charge in [0.25, 0.3) is 11.8 Å². The highest BCUT2D eigenvalue weighted by molar-refractivity contribution is 6.39. The molecule has 0 atom stereocenters. The molecule has 4 aromatic carbocycles. The number of hydrogen-bond acceptors (Lipinski definition) is 6. The van der Waals surface area contributed by atoms with Crippen LogP contribution in [0.4, 0.5) is 14.9 Å². The van der Waals surface area contributed by atoms with Gasteiger partial charge in [0, 0.05) is 10.6 Å². The molecule has 1 aliphatic heterocycles. The van der Waals surface area contributed by atoms with E-state index in [1.165, 1.54) is 25.3 Å². The van der Waals surface area contributed by atoms with Crippen molar-refractivity contribution >= 4 is 41.2 Å². The minimum Gasteiger partial charge on any atom is -0.493 e. The fourth-order valence-electron chi connectivity index (χ4n) is 4.21. The van der Waals surface area contributed by atoms with E-state index in [0.717, 1.165) is 10.5 Å². The molecule has 5 rings (SSSR count). The Morgan fingerprint density at radius 1 is 0.857 bits per heavy atom. The zero-order chi connectivity index (χ0) is 29.6. The molecular weight excluding hydrogens is 563 g/mol. The standard InChI is InChI=1S/C32H24ClFN2O6/c1-40-29-17-20(9-14-28(29)42-18-21-5-4-7-23(34)15-21)16-26-30(37)35-32(39)36(31(26)38)24-10-12-25(13-11-24)41-19-22-6-2-3-8-27(22)33/h2-17H,18-19H2,1H3,(H,35,37,39)/b26-16+. The van der Waals surface area contributed by atoms with Gasteiger partial charge in [0.15, 0.2) is 11.5 Å². The largest absolute Gasteiger partial charge is 0.493 e. The lowest BCUT2D eigenvalue weighted by Gasteiger charge is -2.26. The third kappa shape index (κ3) is 6.42. The Hall–Kier alpha value is -5.15. The lowest BCUT2D eigenvalue weighted by molar-refractivity contribution is -0.122. The maximum Gasteiger partial charge on any atom is 0.335 e. The second-order valence-corrected chi connectivity index (χ2v) is 9.57. The molecule has 8 nitrogen and oxygen atoms in total. The van der Waals surface area contributed by atoms with Crippen LogP contribution in [0.2, 0.25) is 5.02 Å². The fraction of sp³-hybridized carbons (Fsp3) is 0.0938. The van der Waals surface area contributed by atoms with Crippen LogP contribution < -0.4 is 24.4 Å². The van der Waals surface area contributed by atoms with Crippen molar-refractivity contribution in [2.24, 2.45) is 0 Å². The first-order valence-corrected chi connectivity index (χ1v) is 13.1. The number of nitrogens with one attached hydrogen (secondary N) is 1. The third-order valence-electron chi connectivity index (χ3n) is 6.33. The number of barbiturate groups is 1. The van der Waals surface area contributed by atoms with E-state index < -0.39 is 17.8 Å². The lowest BCUT2D eigenvalue weighted by atomic mass is 10.1. The Bertz CT molecular complexity index is 1690. The van der Waals surface area contributed by atoms with E-state index in [9.17, 15) is 18.8 Å². The summed E-state index contributed by atoms with van der Waals surface area (Å²) >= 11 is 6.17. The minimum atomic E-state index is -0.870. The number of benzene rings is 4. The summed E-state index contributed by atoms with van der Waals surface area (Å²) in [6.45, 7) is 0.345. The van der Waals surface area contributed by atoms with Crippen LogP contribution in [0, 0.1) is 5.82 Å². The van der Waals surface area contributed by atoms with Gasteiger partial charge < -0.3 is 14.2 Å². The Kier molecular flexibility index (Phi) is 8.50. The van der Waals surface area contributed by atoms with Crippen LogP contribution >= 0.6 is 11.6 Å². The summed E-state index contributed by atoms with van der Waals surface area (Å²) in [4.78, 5) is 39.5. The number of carbonyl (C=O) groups is 3. The number of hydrogen-bond donors (Lipinski definition) is 1. The van der Waals surface area contributed by atoms with Crippen LogP contribution in [-0.4, -0.2) is 25.0 Å². The van der Waals surface area contributed by atoms with Crippen molar-refractivity contribution in [1.82, 2.24) is 5.32 Å². The highest BCUT2D eigenvalue weighted by Crippen LogP contribution is 2.31. The smallest absolute Gasteiger partial charge is 0.335 e. The van der Waals surface area contributed by atoms with E-state index in [2.05, 4.69) is 5.32 Å². The maximum atomic E-state index is 13.5. The highest BCUT2D eigenvalue weighted by Gasteiger charge is 2.36. The summed E-state index contributed by atoms with van der Waals surface area (Å²) in [6.07, 6.45) is 1.36. The first-order chi connectivity index (χ1) is 20.3. The monoisotopic (exact) mass is 586 g/mol. The van der Waals surface area contributed by atoms with Crippen LogP contribution in [0.3, 0.4) is 0 Å². The topological polar surface area (TPSA) is 94.2 Å². The van der Waals surface area contributed by atoms with Crippen molar-refractivity contribution in [3.8, 4) is 17.2 Å². The van der Waals surface area contributed by atoms with Crippen molar-refractivity contribution in [2.75, 3.05) is 12.0 Å². The van der Waals surface area contributed by atoms with E-state index >= 15 is 0 Å². The number of anilines is 1. The average Bonchev–Trinajstić information content (AvgIpc) is 2.98. The van der Waals surface area contributed by atoms with Gasteiger partial charge in [-0.15, -0.1) is 0 Å². The molecule has 1 aliphatic rings. The van der Waals surface area contributed by atoms with E-state index in [1.54, 1.807) is 60.7 Å². The predicted molar refractivity (Wildman–Crippen MR) is 155 cm³/mol. The number of rotatable bonds is 9. The Labute approximate surface area is 245 Å². The van der Waals surface area contributed by atoms with Crippen molar-refractivity contribution in [1.29, 1.82) is 0 Å². The lowest BCUT2D eigenvalue weighted by Crippen LogP contribution is -2.54. The molecule has 0 spiro atoms. The van der Waals surface area contributed by atoms with Gasteiger partial charge >= 0.3 is 6.03 Å². The Morgan fingerprint density at radius 2 is 1.64 bits per heavy atom. The van der Waals surface area contributed by atoms with Crippen LogP contribution in [0.15, 0.2) is 96.6 Å². The van der Waals surface area contributed by atoms with Crippen molar-refractivity contribution in [2.45, 2.75) is 13.2 Å². The summed E-state index contributed by atoms with van der Waals surface area (Å²) in [7, 11) is 1.45. The fourth-order valence-corrected chi connectivity index (χ4v) is 4.40. The summed E-state index contributed by atoms with van der Waals surface area (Å²) in [5.41, 5.74) is 1.91. The van der Waals surface area contributed by atoms with Gasteiger partial charge in [-0.05, 0) is 71.8 Å². The number of carbonyl (C=O) groups excluding carboxylic acids is 3. The Balaban J connectivity index is 1.31. The third-order valence-corrected chi connectivity index (χ3v) is 6.70. The molecule has 1 fully saturated rings. The number of ether oxygens (including phenoxy) is 3. The molecule has 0 unspecified atom stereocenters. The predicted octanol–water partition coefficient (Wildman–Crippen LogP) is 6.31. The first kappa shape index (κ1) is 28.4. The second kappa shape index (κ2) is 12.6. The molecular formula is C32H24ClFN2O6. The van der Waals surface area contributed by atoms with Gasteiger partial charge in [0.2, 0.25) is 0 Å². The van der Waals surface area contributed by atoms with E-state index in [1.807, 2.05) is 18.2 Å². The van der Waals surface area contributed by atoms with Crippen molar-refractivity contribution < 1.29 is 33.0 Å². The molecule has 0 bridgehead atoms. The van der Waals surface area contributed by atoms with E-state index in [0.29, 0.717) is 33.4 Å². The second-order valence-electron chi connectivity index (χ2n) is 9.16. The molecule has 0 aromatic heterocycles. The van der Waals surface area contributed by atoms with E-state index in [4.69, 9.17) is 25.8 Å². The molecule has 4 aromatic rings. The molecule has 0 radical (unpaired) electrons. The number of imide groups is 2. The molecule has 42 heavy (non-hydrogen) atoms. The number of urea groups is 1. The molecule has 0 saturated carbocycles. The molecule has 1 N–H and O–H groups in total. The molecule has 1 heterocycles. The highest BCUT2D eigenvalue weighted by atomic mass is 35.5. The summed E-state index contributed by atoms with van der Waals surface area (Å²) in [6, 6.07) is 23.6.